The first-order valence-corrected chi connectivity index (χ1v) is 21.7. The summed E-state index contributed by atoms with van der Waals surface area (Å²) in [6, 6.07) is 75.9. The van der Waals surface area contributed by atoms with Crippen molar-refractivity contribution in [3.05, 3.63) is 235 Å². The van der Waals surface area contributed by atoms with Crippen molar-refractivity contribution in [2.75, 3.05) is 0 Å². The van der Waals surface area contributed by atoms with Crippen LogP contribution in [-0.4, -0.2) is 10.4 Å². The van der Waals surface area contributed by atoms with E-state index >= 15 is 0 Å². The predicted octanol–water partition coefficient (Wildman–Crippen LogP) is 14.3. The van der Waals surface area contributed by atoms with Crippen molar-refractivity contribution in [1.82, 2.24) is 9.88 Å². The highest BCUT2D eigenvalue weighted by molar-refractivity contribution is 6.11. The van der Waals surface area contributed by atoms with Crippen molar-refractivity contribution >= 4 is 27.6 Å². The third-order valence-electron chi connectivity index (χ3n) is 13.1. The standard InChI is InChI=1S/C59H46N4/c1-59(2)53-22-10-9-21-49(53)51-35-44(28-31-54(51)59)39-23-25-40(26-24-39)45-29-32-55-52(36-45)50-30-27-46(37-56(50)63(55)48-20-12-18-43(34-48)38-13-5-3-6-14-38)42-17-11-19-47(33-42)58(61)62-57(60)41-15-7-4-8-16-41/h3-37,57H,60H2,1-2H3,(H2,61,62). The lowest BCUT2D eigenvalue weighted by Gasteiger charge is -2.21. The van der Waals surface area contributed by atoms with Gasteiger partial charge in [0.1, 0.15) is 12.0 Å². The minimum Gasteiger partial charge on any atom is -0.351 e. The number of rotatable bonds is 8. The van der Waals surface area contributed by atoms with Crippen molar-refractivity contribution in [1.29, 1.82) is 5.41 Å². The maximum atomic E-state index is 8.93. The third-order valence-corrected chi connectivity index (χ3v) is 13.1. The van der Waals surface area contributed by atoms with Crippen LogP contribution in [0.3, 0.4) is 0 Å². The molecule has 9 aromatic carbocycles. The van der Waals surface area contributed by atoms with E-state index in [0.29, 0.717) is 0 Å². The van der Waals surface area contributed by atoms with Gasteiger partial charge in [0, 0.05) is 27.4 Å². The number of nitrogens with one attached hydrogen (secondary N) is 2. The van der Waals surface area contributed by atoms with Crippen molar-refractivity contribution < 1.29 is 0 Å². The van der Waals surface area contributed by atoms with E-state index in [1.807, 2.05) is 42.5 Å². The average Bonchev–Trinajstić information content (AvgIpc) is 3.79. The highest BCUT2D eigenvalue weighted by atomic mass is 15.1. The predicted molar refractivity (Wildman–Crippen MR) is 263 cm³/mol. The van der Waals surface area contributed by atoms with E-state index in [1.54, 1.807) is 0 Å². The molecule has 0 amide bonds. The molecule has 1 atom stereocenters. The molecule has 0 saturated carbocycles. The molecule has 0 radical (unpaired) electrons. The SMILES string of the molecule is CC1(C)c2ccccc2-c2cc(-c3ccc(-c4ccc5c(c4)c4ccc(-c6cccc(C(=N)NC(N)c7ccccc7)c6)cc4n5-c4cccc(-c5ccccc5)c4)cc3)ccc21. The molecular formula is C59H46N4. The molecule has 10 aromatic rings. The Balaban J connectivity index is 0.978. The maximum absolute atomic E-state index is 8.93. The molecular weight excluding hydrogens is 765 g/mol. The van der Waals surface area contributed by atoms with Crippen molar-refractivity contribution in [2.24, 2.45) is 5.73 Å². The van der Waals surface area contributed by atoms with Gasteiger partial charge in [-0.25, -0.2) is 0 Å². The second-order valence-electron chi connectivity index (χ2n) is 17.2. The highest BCUT2D eigenvalue weighted by Crippen LogP contribution is 2.49. The quantitative estimate of drug-likeness (QED) is 0.0813. The zero-order valence-electron chi connectivity index (χ0n) is 35.3. The molecule has 1 aromatic heterocycles. The molecule has 302 valence electrons. The Kier molecular flexibility index (Phi) is 9.26. The van der Waals surface area contributed by atoms with Crippen LogP contribution in [-0.2, 0) is 5.41 Å². The van der Waals surface area contributed by atoms with Gasteiger partial charge in [0.2, 0.25) is 0 Å². The molecule has 0 saturated heterocycles. The topological polar surface area (TPSA) is 66.8 Å². The van der Waals surface area contributed by atoms with Crippen LogP contribution in [0, 0.1) is 5.41 Å². The van der Waals surface area contributed by atoms with Crippen LogP contribution >= 0.6 is 0 Å². The zero-order valence-corrected chi connectivity index (χ0v) is 35.3. The van der Waals surface area contributed by atoms with Crippen LogP contribution in [0.5, 0.6) is 0 Å². The molecule has 4 nitrogen and oxygen atoms in total. The van der Waals surface area contributed by atoms with E-state index in [0.717, 1.165) is 39.0 Å². The lowest BCUT2D eigenvalue weighted by atomic mass is 9.82. The number of hydrogen-bond donors (Lipinski definition) is 3. The second kappa shape index (κ2) is 15.3. The first kappa shape index (κ1) is 38.2. The summed E-state index contributed by atoms with van der Waals surface area (Å²) in [5.74, 6) is 0.281. The first-order valence-electron chi connectivity index (χ1n) is 21.7. The molecule has 1 heterocycles. The molecule has 1 aliphatic carbocycles. The number of fused-ring (bicyclic) bond motifs is 6. The summed E-state index contributed by atoms with van der Waals surface area (Å²) in [6.07, 6.45) is -0.486. The molecule has 1 aliphatic rings. The van der Waals surface area contributed by atoms with E-state index in [2.05, 4.69) is 194 Å². The van der Waals surface area contributed by atoms with E-state index in [4.69, 9.17) is 11.1 Å². The Morgan fingerprint density at radius 2 is 1.02 bits per heavy atom. The summed E-state index contributed by atoms with van der Waals surface area (Å²) < 4.78 is 2.40. The van der Waals surface area contributed by atoms with Gasteiger partial charge < -0.3 is 15.6 Å². The minimum atomic E-state index is -0.486. The number of benzene rings is 9. The van der Waals surface area contributed by atoms with Gasteiger partial charge in [-0.05, 0) is 115 Å². The number of aromatic nitrogens is 1. The Hall–Kier alpha value is -7.79. The van der Waals surface area contributed by atoms with Gasteiger partial charge in [0.25, 0.3) is 0 Å². The van der Waals surface area contributed by atoms with E-state index in [1.165, 1.54) is 66.4 Å². The summed E-state index contributed by atoms with van der Waals surface area (Å²) in [4.78, 5) is 0. The van der Waals surface area contributed by atoms with Gasteiger partial charge in [-0.2, -0.15) is 0 Å². The molecule has 0 aliphatic heterocycles. The monoisotopic (exact) mass is 810 g/mol. The lowest BCUT2D eigenvalue weighted by Crippen LogP contribution is -2.34. The van der Waals surface area contributed by atoms with Gasteiger partial charge in [-0.15, -0.1) is 0 Å². The Bertz CT molecular complexity index is 3360. The molecule has 11 rings (SSSR count). The number of amidine groups is 1. The van der Waals surface area contributed by atoms with Gasteiger partial charge in [-0.3, -0.25) is 5.41 Å². The smallest absolute Gasteiger partial charge is 0.126 e. The fourth-order valence-electron chi connectivity index (χ4n) is 9.71. The largest absolute Gasteiger partial charge is 0.351 e. The molecule has 4 N–H and O–H groups in total. The van der Waals surface area contributed by atoms with Crippen molar-refractivity contribution in [3.8, 4) is 61.3 Å². The average molecular weight is 811 g/mol. The number of nitrogens with two attached hydrogens (primary N) is 1. The number of hydrogen-bond acceptors (Lipinski definition) is 2. The lowest BCUT2D eigenvalue weighted by molar-refractivity contribution is 0.660. The summed E-state index contributed by atoms with van der Waals surface area (Å²) >= 11 is 0. The van der Waals surface area contributed by atoms with E-state index in [-0.39, 0.29) is 11.3 Å². The Morgan fingerprint density at radius 3 is 1.79 bits per heavy atom. The van der Waals surface area contributed by atoms with Crippen LogP contribution in [0.2, 0.25) is 0 Å². The summed E-state index contributed by atoms with van der Waals surface area (Å²) in [7, 11) is 0. The Labute approximate surface area is 368 Å². The van der Waals surface area contributed by atoms with Crippen LogP contribution in [0.1, 0.15) is 42.3 Å². The summed E-state index contributed by atoms with van der Waals surface area (Å²) in [5, 5.41) is 14.5. The van der Waals surface area contributed by atoms with Crippen LogP contribution < -0.4 is 11.1 Å². The molecule has 1 unspecified atom stereocenters. The van der Waals surface area contributed by atoms with Crippen LogP contribution in [0.25, 0.3) is 83.1 Å². The highest BCUT2D eigenvalue weighted by Gasteiger charge is 2.35. The minimum absolute atomic E-state index is 0.00598. The Morgan fingerprint density at radius 1 is 0.460 bits per heavy atom. The van der Waals surface area contributed by atoms with E-state index < -0.39 is 6.17 Å². The molecule has 4 heteroatoms. The van der Waals surface area contributed by atoms with Crippen LogP contribution in [0.15, 0.2) is 212 Å². The van der Waals surface area contributed by atoms with Gasteiger partial charge in [0.05, 0.1) is 11.0 Å². The van der Waals surface area contributed by atoms with E-state index in [9.17, 15) is 0 Å². The second-order valence-corrected chi connectivity index (χ2v) is 17.2. The van der Waals surface area contributed by atoms with Crippen LogP contribution in [0.4, 0.5) is 0 Å². The fourth-order valence-corrected chi connectivity index (χ4v) is 9.71. The summed E-state index contributed by atoms with van der Waals surface area (Å²) in [6.45, 7) is 4.66. The maximum Gasteiger partial charge on any atom is 0.126 e. The first-order chi connectivity index (χ1) is 30.8. The molecule has 63 heavy (non-hydrogen) atoms. The normalized spacial score (nSPS) is 13.1. The third kappa shape index (κ3) is 6.73. The van der Waals surface area contributed by atoms with Crippen molar-refractivity contribution in [3.63, 3.8) is 0 Å². The van der Waals surface area contributed by atoms with Gasteiger partial charge >= 0.3 is 0 Å². The fraction of sp³-hybridized carbons (Fsp3) is 0.0678. The summed E-state index contributed by atoms with van der Waals surface area (Å²) in [5.41, 5.74) is 26.2. The van der Waals surface area contributed by atoms with Crippen molar-refractivity contribution in [2.45, 2.75) is 25.4 Å². The van der Waals surface area contributed by atoms with Gasteiger partial charge in [0.15, 0.2) is 0 Å². The molecule has 0 fully saturated rings. The molecule has 0 spiro atoms. The number of nitrogens with zero attached hydrogens (tertiary/aromatic N) is 1. The van der Waals surface area contributed by atoms with Gasteiger partial charge in [-0.1, -0.05) is 184 Å². The molecule has 0 bridgehead atoms. The zero-order chi connectivity index (χ0) is 42.7.